The summed E-state index contributed by atoms with van der Waals surface area (Å²) in [6, 6.07) is 25.1. The number of phenolic OH excluding ortho intramolecular Hbond substituents is 1. The summed E-state index contributed by atoms with van der Waals surface area (Å²) in [4.78, 5) is 41.0. The van der Waals surface area contributed by atoms with Gasteiger partial charge in [-0.25, -0.2) is 4.79 Å². The molecular weight excluding hydrogens is 729 g/mol. The lowest BCUT2D eigenvalue weighted by atomic mass is 9.83. The number of H-pyrrole nitrogens is 1. The van der Waals surface area contributed by atoms with E-state index in [-0.39, 0.29) is 23.2 Å². The van der Waals surface area contributed by atoms with Gasteiger partial charge in [-0.15, -0.1) is 0 Å². The van der Waals surface area contributed by atoms with Gasteiger partial charge in [0.15, 0.2) is 6.10 Å². The van der Waals surface area contributed by atoms with Crippen molar-refractivity contribution in [2.45, 2.75) is 56.8 Å². The number of carbonyl (C=O) groups excluding carboxylic acids is 2. The second-order valence-corrected chi connectivity index (χ2v) is 16.0. The van der Waals surface area contributed by atoms with Crippen molar-refractivity contribution in [2.75, 3.05) is 45.9 Å². The maximum absolute atomic E-state index is 13.5. The Morgan fingerprint density at radius 3 is 2.55 bits per heavy atom. The van der Waals surface area contributed by atoms with Gasteiger partial charge >= 0.3 is 6.09 Å². The summed E-state index contributed by atoms with van der Waals surface area (Å²) in [5.74, 6) is 1.16. The van der Waals surface area contributed by atoms with E-state index in [9.17, 15) is 24.6 Å². The molecule has 5 aromatic rings. The number of alkyl carbamates (subject to hydrolysis) is 1. The summed E-state index contributed by atoms with van der Waals surface area (Å²) in [6.45, 7) is 4.64. The number of aliphatic hydroxyl groups excluding tert-OH is 1. The number of Topliss-reactive ketones (excluding diaryl/α,β-unsaturated/α-hetero) is 1. The average Bonchev–Trinajstić information content (AvgIpc) is 3.75. The maximum atomic E-state index is 13.5. The summed E-state index contributed by atoms with van der Waals surface area (Å²) in [5, 5.41) is 32.0. The number of quaternary nitrogens is 1. The van der Waals surface area contributed by atoms with Crippen molar-refractivity contribution in [3.63, 3.8) is 0 Å². The molecule has 11 nitrogen and oxygen atoms in total. The number of phenols is 1. The van der Waals surface area contributed by atoms with Crippen LogP contribution in [-0.2, 0) is 4.74 Å². The summed E-state index contributed by atoms with van der Waals surface area (Å²) >= 11 is 1.58. The molecule has 2 aromatic heterocycles. The van der Waals surface area contributed by atoms with Crippen molar-refractivity contribution in [1.82, 2.24) is 15.6 Å². The fourth-order valence-electron chi connectivity index (χ4n) is 8.26. The van der Waals surface area contributed by atoms with Gasteiger partial charge in [0.1, 0.15) is 24.6 Å². The molecule has 0 radical (unpaired) electrons. The van der Waals surface area contributed by atoms with Crippen LogP contribution in [0.15, 0.2) is 100 Å². The Kier molecular flexibility index (Phi) is 12.8. The number of rotatable bonds is 18. The van der Waals surface area contributed by atoms with Gasteiger partial charge in [0.25, 0.3) is 0 Å². The van der Waals surface area contributed by atoms with E-state index in [0.29, 0.717) is 53.1 Å². The second kappa shape index (κ2) is 18.3. The first kappa shape index (κ1) is 39.2. The van der Waals surface area contributed by atoms with Crippen LogP contribution < -0.4 is 20.9 Å². The molecule has 1 unspecified atom stereocenters. The average molecular weight is 780 g/mol. The number of hydrogen-bond donors (Lipinski definition) is 5. The van der Waals surface area contributed by atoms with Crippen molar-refractivity contribution < 1.29 is 33.8 Å². The number of ketones is 1. The zero-order valence-electron chi connectivity index (χ0n) is 31.5. The van der Waals surface area contributed by atoms with Crippen molar-refractivity contribution in [3.8, 4) is 11.5 Å². The van der Waals surface area contributed by atoms with Crippen LogP contribution in [0.25, 0.3) is 10.9 Å². The minimum absolute atomic E-state index is 0.0272. The van der Waals surface area contributed by atoms with Crippen molar-refractivity contribution in [2.24, 2.45) is 5.92 Å². The first-order valence-corrected chi connectivity index (χ1v) is 20.6. The molecule has 3 atom stereocenters. The number of benzene rings is 3. The smallest absolute Gasteiger partial charge is 0.408 e. The van der Waals surface area contributed by atoms with E-state index in [1.165, 1.54) is 12.1 Å². The van der Waals surface area contributed by atoms with Crippen molar-refractivity contribution in [1.29, 1.82) is 0 Å². The number of amides is 1. The second-order valence-electron chi connectivity index (χ2n) is 15.2. The highest BCUT2D eigenvalue weighted by Crippen LogP contribution is 2.36. The third-order valence-electron chi connectivity index (χ3n) is 11.3. The number of piperidine rings is 3. The number of aliphatic hydroxyl groups is 1. The largest absolute Gasteiger partial charge is 0.506 e. The summed E-state index contributed by atoms with van der Waals surface area (Å²) in [5.41, 5.74) is 3.28. The predicted octanol–water partition coefficient (Wildman–Crippen LogP) is 6.87. The van der Waals surface area contributed by atoms with Gasteiger partial charge in [0.2, 0.25) is 11.3 Å². The standard InChI is InChI=1S/C44H50N4O7S/c49-37-15-13-35(36-14-16-41(52)46-43(36)37)38(50)26-45-20-6-1-2-7-23-54-34-12-8-11-32(25-34)42(33-19-24-56-29-33)47-44(53)55-40-28-48(21-17-31(40)18-22-48)27-39(51)30-9-4-3-5-10-30/h3-5,8-16,19,24-25,29,31,38,40,42,45,50H,1-2,6-7,17-18,20-23,26-28H2,(H2-,46,47,49,52,53)/p+1/t31?,38-,40+,42?,48?/m1/s1. The van der Waals surface area contributed by atoms with Crippen LogP contribution in [0.2, 0.25) is 0 Å². The summed E-state index contributed by atoms with van der Waals surface area (Å²) < 4.78 is 13.0. The van der Waals surface area contributed by atoms with Crippen LogP contribution in [0.1, 0.15) is 77.7 Å². The molecule has 3 aliphatic heterocycles. The Labute approximate surface area is 330 Å². The molecule has 56 heavy (non-hydrogen) atoms. The Morgan fingerprint density at radius 2 is 1.75 bits per heavy atom. The number of nitrogens with zero attached hydrogens (tertiary/aromatic N) is 1. The van der Waals surface area contributed by atoms with E-state index in [0.717, 1.165) is 80.6 Å². The van der Waals surface area contributed by atoms with E-state index in [4.69, 9.17) is 9.47 Å². The van der Waals surface area contributed by atoms with Gasteiger partial charge < -0.3 is 39.8 Å². The van der Waals surface area contributed by atoms with Gasteiger partial charge in [-0.05, 0) is 77.2 Å². The first-order chi connectivity index (χ1) is 27.3. The Bertz CT molecular complexity index is 2130. The molecule has 0 spiro atoms. The lowest BCUT2D eigenvalue weighted by molar-refractivity contribution is -0.938. The number of hydrogen-bond acceptors (Lipinski definition) is 9. The third kappa shape index (κ3) is 9.67. The molecule has 1 amide bonds. The molecule has 3 aliphatic rings. The van der Waals surface area contributed by atoms with Crippen LogP contribution in [0.4, 0.5) is 4.79 Å². The highest BCUT2D eigenvalue weighted by Gasteiger charge is 2.48. The van der Waals surface area contributed by atoms with Gasteiger partial charge in [-0.2, -0.15) is 11.3 Å². The summed E-state index contributed by atoms with van der Waals surface area (Å²) in [7, 11) is 0. The molecule has 294 valence electrons. The van der Waals surface area contributed by atoms with E-state index in [2.05, 4.69) is 15.6 Å². The van der Waals surface area contributed by atoms with E-state index < -0.39 is 18.2 Å². The number of fused-ring (bicyclic) bond motifs is 4. The van der Waals surface area contributed by atoms with E-state index in [1.807, 2.05) is 71.4 Å². The van der Waals surface area contributed by atoms with Crippen LogP contribution in [0.5, 0.6) is 11.5 Å². The van der Waals surface area contributed by atoms with E-state index >= 15 is 0 Å². The molecule has 3 fully saturated rings. The van der Waals surface area contributed by atoms with Crippen LogP contribution in [-0.4, -0.2) is 83.5 Å². The molecule has 5 heterocycles. The zero-order valence-corrected chi connectivity index (χ0v) is 32.3. The zero-order chi connectivity index (χ0) is 38.9. The lowest BCUT2D eigenvalue weighted by Gasteiger charge is -2.51. The lowest BCUT2D eigenvalue weighted by Crippen LogP contribution is -2.66. The number of pyridine rings is 1. The molecule has 12 heteroatoms. The number of unbranched alkanes of at least 4 members (excludes halogenated alkanes) is 3. The minimum Gasteiger partial charge on any atom is -0.506 e. The number of aromatic amines is 1. The monoisotopic (exact) mass is 779 g/mol. The van der Waals surface area contributed by atoms with Gasteiger partial charge in [0.05, 0.1) is 37.4 Å². The van der Waals surface area contributed by atoms with Crippen LogP contribution >= 0.6 is 11.3 Å². The van der Waals surface area contributed by atoms with Gasteiger partial charge in [0, 0.05) is 42.3 Å². The number of carbonyl (C=O) groups is 2. The van der Waals surface area contributed by atoms with E-state index in [1.54, 1.807) is 23.5 Å². The number of aromatic hydroxyl groups is 1. The molecule has 0 aliphatic carbocycles. The molecule has 0 saturated carbocycles. The molecule has 5 N–H and O–H groups in total. The fraction of sp³-hybridized carbons (Fsp3) is 0.386. The van der Waals surface area contributed by atoms with Crippen LogP contribution in [0.3, 0.4) is 0 Å². The number of nitrogens with one attached hydrogen (secondary N) is 3. The number of ether oxygens (including phenoxy) is 2. The van der Waals surface area contributed by atoms with Gasteiger partial charge in [-0.1, -0.05) is 61.4 Å². The maximum Gasteiger partial charge on any atom is 0.408 e. The minimum atomic E-state index is -0.782. The molecule has 3 saturated heterocycles. The highest BCUT2D eigenvalue weighted by atomic mass is 32.1. The topological polar surface area (TPSA) is 150 Å². The van der Waals surface area contributed by atoms with Crippen molar-refractivity contribution >= 4 is 34.1 Å². The number of aromatic nitrogens is 1. The Balaban J connectivity index is 0.851. The summed E-state index contributed by atoms with van der Waals surface area (Å²) in [6.07, 6.45) is 4.26. The van der Waals surface area contributed by atoms with Crippen molar-refractivity contribution in [3.05, 3.63) is 128 Å². The quantitative estimate of drug-likeness (QED) is 0.0368. The molecular formula is C44H51N4O7S+. The third-order valence-corrected chi connectivity index (χ3v) is 12.0. The SMILES string of the molecule is O=C(NC(c1ccsc1)c1cccc(OCCCCCCNC[C@@H](O)c2ccc(O)c3[nH]c(=O)ccc23)c1)O[C@H]1C[N+]2(CC(=O)c3ccccc3)CCC1CC2. The molecule has 8 rings (SSSR count). The van der Waals surface area contributed by atoms with Gasteiger partial charge in [-0.3, -0.25) is 9.59 Å². The molecule has 2 bridgehead atoms. The Hall–Kier alpha value is -5.01. The molecule has 3 aromatic carbocycles. The fourth-order valence-corrected chi connectivity index (χ4v) is 8.95. The Morgan fingerprint density at radius 1 is 0.929 bits per heavy atom. The normalized spacial score (nSPS) is 20.0. The first-order valence-electron chi connectivity index (χ1n) is 19.7. The highest BCUT2D eigenvalue weighted by molar-refractivity contribution is 7.08. The predicted molar refractivity (Wildman–Crippen MR) is 217 cm³/mol. The van der Waals surface area contributed by atoms with Crippen LogP contribution in [0, 0.1) is 5.92 Å². The number of thiophene rings is 1.